The molecule has 1 nitrogen and oxygen atoms in total. The van der Waals surface area contributed by atoms with Crippen LogP contribution in [0.3, 0.4) is 0 Å². The summed E-state index contributed by atoms with van der Waals surface area (Å²) in [5, 5.41) is 0.0700. The first-order valence-electron chi connectivity index (χ1n) is 4.48. The number of hydrogen-bond donors (Lipinski definition) is 0. The third kappa shape index (κ3) is 6.52. The number of halogens is 2. The SMILES string of the molecule is CC.CC.Cc1cc(F)c(Cl)cn1. The summed E-state index contributed by atoms with van der Waals surface area (Å²) in [5.41, 5.74) is 0.636. The molecule has 0 unspecified atom stereocenters. The highest BCUT2D eigenvalue weighted by atomic mass is 35.5. The molecule has 0 atom stereocenters. The van der Waals surface area contributed by atoms with Gasteiger partial charge in [0.1, 0.15) is 5.82 Å². The molecule has 0 radical (unpaired) electrons. The first kappa shape index (κ1) is 14.9. The molecule has 1 heterocycles. The van der Waals surface area contributed by atoms with Gasteiger partial charge in [0.2, 0.25) is 0 Å². The number of rotatable bonds is 0. The third-order valence-corrected chi connectivity index (χ3v) is 1.22. The zero-order chi connectivity index (χ0) is 10.9. The van der Waals surface area contributed by atoms with Gasteiger partial charge in [0.05, 0.1) is 5.02 Å². The zero-order valence-electron chi connectivity index (χ0n) is 8.86. The van der Waals surface area contributed by atoms with E-state index in [9.17, 15) is 4.39 Å². The van der Waals surface area contributed by atoms with E-state index in [2.05, 4.69) is 4.98 Å². The summed E-state index contributed by atoms with van der Waals surface area (Å²) < 4.78 is 12.4. The number of nitrogens with zero attached hydrogens (tertiary/aromatic N) is 1. The van der Waals surface area contributed by atoms with Crippen LogP contribution in [0.5, 0.6) is 0 Å². The Labute approximate surface area is 85.0 Å². The minimum absolute atomic E-state index is 0.0700. The molecule has 0 aliphatic rings. The summed E-state index contributed by atoms with van der Waals surface area (Å²) in [4.78, 5) is 3.77. The van der Waals surface area contributed by atoms with Gasteiger partial charge >= 0.3 is 0 Å². The lowest BCUT2D eigenvalue weighted by atomic mass is 10.4. The molecule has 0 fully saturated rings. The minimum Gasteiger partial charge on any atom is -0.260 e. The molecule has 0 aliphatic heterocycles. The van der Waals surface area contributed by atoms with Gasteiger partial charge in [-0.25, -0.2) is 4.39 Å². The van der Waals surface area contributed by atoms with Gasteiger partial charge in [-0.05, 0) is 13.0 Å². The van der Waals surface area contributed by atoms with Crippen LogP contribution in [0, 0.1) is 12.7 Å². The maximum Gasteiger partial charge on any atom is 0.145 e. The Kier molecular flexibility index (Phi) is 10.8. The van der Waals surface area contributed by atoms with Crippen molar-refractivity contribution < 1.29 is 4.39 Å². The van der Waals surface area contributed by atoms with Crippen molar-refractivity contribution in [1.29, 1.82) is 0 Å². The number of pyridine rings is 1. The molecule has 0 amide bonds. The molecule has 0 bridgehead atoms. The van der Waals surface area contributed by atoms with Gasteiger partial charge in [-0.3, -0.25) is 4.98 Å². The van der Waals surface area contributed by atoms with Gasteiger partial charge in [0.25, 0.3) is 0 Å². The second-order valence-corrected chi connectivity index (χ2v) is 2.15. The van der Waals surface area contributed by atoms with Gasteiger partial charge < -0.3 is 0 Å². The van der Waals surface area contributed by atoms with E-state index in [4.69, 9.17) is 11.6 Å². The molecule has 1 rings (SSSR count). The average Bonchev–Trinajstić information content (AvgIpc) is 2.18. The predicted octanol–water partition coefficient (Wildman–Crippen LogP) is 4.23. The van der Waals surface area contributed by atoms with Crippen LogP contribution in [0.2, 0.25) is 5.02 Å². The van der Waals surface area contributed by atoms with Crippen molar-refractivity contribution in [3.05, 3.63) is 28.8 Å². The summed E-state index contributed by atoms with van der Waals surface area (Å²) in [5.74, 6) is -0.413. The Hall–Kier alpha value is -0.630. The van der Waals surface area contributed by atoms with Crippen molar-refractivity contribution in [2.45, 2.75) is 34.6 Å². The van der Waals surface area contributed by atoms with E-state index < -0.39 is 5.82 Å². The molecule has 0 N–H and O–H groups in total. The van der Waals surface area contributed by atoms with Crippen LogP contribution >= 0.6 is 11.6 Å². The Morgan fingerprint density at radius 2 is 1.69 bits per heavy atom. The monoisotopic (exact) mass is 205 g/mol. The largest absolute Gasteiger partial charge is 0.260 e. The molecule has 1 aromatic heterocycles. The summed E-state index contributed by atoms with van der Waals surface area (Å²) in [6, 6.07) is 1.29. The fourth-order valence-electron chi connectivity index (χ4n) is 0.510. The maximum absolute atomic E-state index is 12.4. The Morgan fingerprint density at radius 3 is 2.00 bits per heavy atom. The van der Waals surface area contributed by atoms with Gasteiger partial charge in [-0.1, -0.05) is 39.3 Å². The summed E-state index contributed by atoms with van der Waals surface area (Å²) in [6.45, 7) is 9.71. The quantitative estimate of drug-likeness (QED) is 0.618. The normalized spacial score (nSPS) is 7.62. The number of aromatic nitrogens is 1. The van der Waals surface area contributed by atoms with Crippen LogP contribution in [-0.4, -0.2) is 4.98 Å². The first-order valence-corrected chi connectivity index (χ1v) is 4.85. The van der Waals surface area contributed by atoms with E-state index in [1.807, 2.05) is 27.7 Å². The molecule has 0 aliphatic carbocycles. The van der Waals surface area contributed by atoms with Crippen molar-refractivity contribution in [3.8, 4) is 0 Å². The Bertz CT molecular complexity index is 226. The molecule has 1 aromatic rings. The van der Waals surface area contributed by atoms with Crippen molar-refractivity contribution in [2.24, 2.45) is 0 Å². The molecular formula is C10H17ClFN. The van der Waals surface area contributed by atoms with Gasteiger partial charge in [0, 0.05) is 11.9 Å². The van der Waals surface area contributed by atoms with Crippen molar-refractivity contribution in [1.82, 2.24) is 4.98 Å². The lowest BCUT2D eigenvalue weighted by molar-refractivity contribution is 0.624. The van der Waals surface area contributed by atoms with Crippen LogP contribution in [0.15, 0.2) is 12.3 Å². The van der Waals surface area contributed by atoms with Crippen molar-refractivity contribution >= 4 is 11.6 Å². The predicted molar refractivity (Wildman–Crippen MR) is 56.6 cm³/mol. The van der Waals surface area contributed by atoms with Gasteiger partial charge in [-0.15, -0.1) is 0 Å². The van der Waals surface area contributed by atoms with E-state index >= 15 is 0 Å². The lowest BCUT2D eigenvalue weighted by Gasteiger charge is -1.92. The van der Waals surface area contributed by atoms with Crippen LogP contribution in [-0.2, 0) is 0 Å². The lowest BCUT2D eigenvalue weighted by Crippen LogP contribution is -1.82. The fourth-order valence-corrected chi connectivity index (χ4v) is 0.613. The molecule has 0 spiro atoms. The van der Waals surface area contributed by atoms with Crippen LogP contribution < -0.4 is 0 Å². The topological polar surface area (TPSA) is 12.9 Å². The maximum atomic E-state index is 12.4. The Balaban J connectivity index is 0. The highest BCUT2D eigenvalue weighted by Crippen LogP contribution is 2.11. The molecule has 76 valence electrons. The van der Waals surface area contributed by atoms with Gasteiger partial charge in [0.15, 0.2) is 0 Å². The average molecular weight is 206 g/mol. The molecule has 0 saturated heterocycles. The number of aryl methyl sites for hydroxylation is 1. The highest BCUT2D eigenvalue weighted by Gasteiger charge is 1.96. The molecule has 13 heavy (non-hydrogen) atoms. The first-order chi connectivity index (χ1) is 6.20. The van der Waals surface area contributed by atoms with E-state index in [1.54, 1.807) is 6.92 Å². The Morgan fingerprint density at radius 1 is 1.23 bits per heavy atom. The van der Waals surface area contributed by atoms with E-state index in [0.717, 1.165) is 0 Å². The van der Waals surface area contributed by atoms with E-state index in [-0.39, 0.29) is 5.02 Å². The number of hydrogen-bond acceptors (Lipinski definition) is 1. The van der Waals surface area contributed by atoms with Crippen molar-refractivity contribution in [3.63, 3.8) is 0 Å². The van der Waals surface area contributed by atoms with Crippen LogP contribution in [0.4, 0.5) is 4.39 Å². The standard InChI is InChI=1S/C6H5ClFN.2C2H6/c1-4-2-6(8)5(7)3-9-4;2*1-2/h2-3H,1H3;2*1-2H3. The molecule has 0 aromatic carbocycles. The smallest absolute Gasteiger partial charge is 0.145 e. The summed E-state index contributed by atoms with van der Waals surface area (Å²) >= 11 is 5.34. The van der Waals surface area contributed by atoms with E-state index in [1.165, 1.54) is 12.3 Å². The summed E-state index contributed by atoms with van der Waals surface area (Å²) in [6.07, 6.45) is 1.30. The second-order valence-electron chi connectivity index (χ2n) is 1.74. The van der Waals surface area contributed by atoms with Crippen LogP contribution in [0.25, 0.3) is 0 Å². The second kappa shape index (κ2) is 9.46. The van der Waals surface area contributed by atoms with E-state index in [0.29, 0.717) is 5.69 Å². The molecular weight excluding hydrogens is 189 g/mol. The third-order valence-electron chi connectivity index (χ3n) is 0.945. The van der Waals surface area contributed by atoms with Gasteiger partial charge in [-0.2, -0.15) is 0 Å². The highest BCUT2D eigenvalue weighted by molar-refractivity contribution is 6.30. The van der Waals surface area contributed by atoms with Crippen LogP contribution in [0.1, 0.15) is 33.4 Å². The minimum atomic E-state index is -0.413. The summed E-state index contributed by atoms with van der Waals surface area (Å²) in [7, 11) is 0. The fraction of sp³-hybridized carbons (Fsp3) is 0.500. The molecule has 3 heteroatoms. The molecule has 0 saturated carbocycles. The zero-order valence-corrected chi connectivity index (χ0v) is 9.61. The van der Waals surface area contributed by atoms with Crippen molar-refractivity contribution in [2.75, 3.05) is 0 Å².